The molecule has 0 aromatic carbocycles. The van der Waals surface area contributed by atoms with E-state index < -0.39 is 0 Å². The molecule has 0 bridgehead atoms. The van der Waals surface area contributed by atoms with Crippen molar-refractivity contribution in [1.82, 2.24) is 0 Å². The van der Waals surface area contributed by atoms with E-state index in [0.29, 0.717) is 0 Å². The minimum atomic E-state index is 1.15. The molecular formula is C12H23Cl. The predicted molar refractivity (Wildman–Crippen MR) is 62.2 cm³/mol. The number of rotatable bonds is 9. The Balaban J connectivity index is 2.83. The normalized spacial score (nSPS) is 11.2. The first-order valence-corrected chi connectivity index (χ1v) is 6.10. The first kappa shape index (κ1) is 13.0. The Morgan fingerprint density at radius 2 is 1.38 bits per heavy atom. The van der Waals surface area contributed by atoms with Gasteiger partial charge in [0, 0.05) is 5.54 Å². The molecule has 78 valence electrons. The quantitative estimate of drug-likeness (QED) is 0.447. The Labute approximate surface area is 88.4 Å². The molecule has 0 aliphatic rings. The highest BCUT2D eigenvalue weighted by Crippen LogP contribution is 2.09. The zero-order valence-corrected chi connectivity index (χ0v) is 9.65. The van der Waals surface area contributed by atoms with Crippen molar-refractivity contribution in [2.75, 3.05) is 0 Å². The lowest BCUT2D eigenvalue weighted by atomic mass is 10.1. The first-order valence-electron chi connectivity index (χ1n) is 5.67. The van der Waals surface area contributed by atoms with Gasteiger partial charge in [-0.3, -0.25) is 0 Å². The summed E-state index contributed by atoms with van der Waals surface area (Å²) in [5, 5.41) is 0. The van der Waals surface area contributed by atoms with Crippen molar-refractivity contribution in [1.29, 1.82) is 0 Å². The van der Waals surface area contributed by atoms with Crippen LogP contribution < -0.4 is 0 Å². The van der Waals surface area contributed by atoms with Gasteiger partial charge in [0.2, 0.25) is 0 Å². The van der Waals surface area contributed by atoms with Gasteiger partial charge in [-0.25, -0.2) is 0 Å². The molecule has 13 heavy (non-hydrogen) atoms. The van der Waals surface area contributed by atoms with Gasteiger partial charge in [0.1, 0.15) is 0 Å². The number of allylic oxidation sites excluding steroid dienone is 1. The van der Waals surface area contributed by atoms with Crippen LogP contribution in [0.15, 0.2) is 11.6 Å². The van der Waals surface area contributed by atoms with Crippen LogP contribution in [0.4, 0.5) is 0 Å². The number of halogens is 1. The smallest absolute Gasteiger partial charge is 0.000245 e. The van der Waals surface area contributed by atoms with Crippen molar-refractivity contribution in [3.05, 3.63) is 11.6 Å². The van der Waals surface area contributed by atoms with Gasteiger partial charge >= 0.3 is 0 Å². The lowest BCUT2D eigenvalue weighted by Crippen LogP contribution is -1.79. The van der Waals surface area contributed by atoms with Crippen LogP contribution in [0.3, 0.4) is 0 Å². The van der Waals surface area contributed by atoms with E-state index in [9.17, 15) is 0 Å². The van der Waals surface area contributed by atoms with Crippen molar-refractivity contribution in [3.63, 3.8) is 0 Å². The summed E-state index contributed by atoms with van der Waals surface area (Å²) < 4.78 is 0. The molecule has 0 nitrogen and oxygen atoms in total. The number of unbranched alkanes of at least 4 members (excludes halogenated alkanes) is 8. The Morgan fingerprint density at radius 3 is 1.92 bits per heavy atom. The van der Waals surface area contributed by atoms with E-state index >= 15 is 0 Å². The summed E-state index contributed by atoms with van der Waals surface area (Å²) >= 11 is 5.42. The largest absolute Gasteiger partial charge is 0.0933 e. The predicted octanol–water partition coefficient (Wildman–Crippen LogP) is 5.27. The zero-order valence-electron chi connectivity index (χ0n) is 8.90. The molecule has 0 aliphatic carbocycles. The molecule has 0 aliphatic heterocycles. The molecule has 0 unspecified atom stereocenters. The van der Waals surface area contributed by atoms with Crippen LogP contribution in [-0.2, 0) is 0 Å². The van der Waals surface area contributed by atoms with Crippen LogP contribution in [-0.4, -0.2) is 0 Å². The Kier molecular flexibility index (Phi) is 12.1. The maximum Gasteiger partial charge on any atom is 0.000245 e. The molecule has 0 spiro atoms. The van der Waals surface area contributed by atoms with Gasteiger partial charge in [0.15, 0.2) is 0 Å². The standard InChI is InChI=1S/C12H23Cl/c1-2-3-4-5-6-7-8-9-10-11-12-13/h11-12H,2-10H2,1H3/b12-11+. The number of hydrogen-bond acceptors (Lipinski definition) is 0. The third-order valence-electron chi connectivity index (χ3n) is 2.31. The fraction of sp³-hybridized carbons (Fsp3) is 0.833. The molecule has 1 heteroatoms. The third-order valence-corrected chi connectivity index (χ3v) is 2.49. The van der Waals surface area contributed by atoms with Crippen LogP contribution in [0.25, 0.3) is 0 Å². The van der Waals surface area contributed by atoms with Crippen molar-refractivity contribution in [2.24, 2.45) is 0 Å². The van der Waals surface area contributed by atoms with Crippen LogP contribution in [0.2, 0.25) is 0 Å². The van der Waals surface area contributed by atoms with Gasteiger partial charge < -0.3 is 0 Å². The molecule has 0 heterocycles. The molecule has 0 saturated carbocycles. The maximum atomic E-state index is 5.42. The Morgan fingerprint density at radius 1 is 0.846 bits per heavy atom. The van der Waals surface area contributed by atoms with E-state index in [4.69, 9.17) is 11.6 Å². The van der Waals surface area contributed by atoms with Crippen molar-refractivity contribution in [2.45, 2.75) is 64.7 Å². The van der Waals surface area contributed by atoms with E-state index in [1.54, 1.807) is 5.54 Å². The summed E-state index contributed by atoms with van der Waals surface area (Å²) in [7, 11) is 0. The molecule has 0 N–H and O–H groups in total. The summed E-state index contributed by atoms with van der Waals surface area (Å²) in [5.41, 5.74) is 1.63. The molecule has 0 rings (SSSR count). The zero-order chi connectivity index (χ0) is 9.78. The fourth-order valence-corrected chi connectivity index (χ4v) is 1.59. The summed E-state index contributed by atoms with van der Waals surface area (Å²) in [6.07, 6.45) is 14.3. The van der Waals surface area contributed by atoms with Crippen LogP contribution >= 0.6 is 11.6 Å². The monoisotopic (exact) mass is 202 g/mol. The Hall–Kier alpha value is 0.0300. The van der Waals surface area contributed by atoms with Gasteiger partial charge in [-0.1, -0.05) is 69.5 Å². The fourth-order valence-electron chi connectivity index (χ4n) is 1.46. The summed E-state index contributed by atoms with van der Waals surface area (Å²) in [6.45, 7) is 2.26. The molecule has 0 aromatic rings. The van der Waals surface area contributed by atoms with Crippen molar-refractivity contribution in [3.8, 4) is 0 Å². The van der Waals surface area contributed by atoms with Crippen LogP contribution in [0.5, 0.6) is 0 Å². The highest BCUT2D eigenvalue weighted by molar-refractivity contribution is 6.25. The van der Waals surface area contributed by atoms with Crippen LogP contribution in [0, 0.1) is 0 Å². The SMILES string of the molecule is CCCCCCCCCC/C=C/Cl. The summed E-state index contributed by atoms with van der Waals surface area (Å²) in [5.74, 6) is 0. The van der Waals surface area contributed by atoms with E-state index in [-0.39, 0.29) is 0 Å². The molecule has 0 atom stereocenters. The lowest BCUT2D eigenvalue weighted by molar-refractivity contribution is 0.577. The molecular weight excluding hydrogens is 180 g/mol. The highest BCUT2D eigenvalue weighted by atomic mass is 35.5. The maximum absolute atomic E-state index is 5.42. The molecule has 0 amide bonds. The molecule has 0 aromatic heterocycles. The third kappa shape index (κ3) is 12.0. The summed E-state index contributed by atoms with van der Waals surface area (Å²) in [4.78, 5) is 0. The Bertz CT molecular complexity index is 108. The van der Waals surface area contributed by atoms with Crippen molar-refractivity contribution < 1.29 is 0 Å². The lowest BCUT2D eigenvalue weighted by Gasteiger charge is -1.99. The highest BCUT2D eigenvalue weighted by Gasteiger charge is 1.89. The topological polar surface area (TPSA) is 0 Å². The first-order chi connectivity index (χ1) is 6.41. The molecule has 0 saturated heterocycles. The van der Waals surface area contributed by atoms with Gasteiger partial charge in [-0.2, -0.15) is 0 Å². The van der Waals surface area contributed by atoms with Gasteiger partial charge in [-0.05, 0) is 12.8 Å². The molecule has 0 radical (unpaired) electrons. The van der Waals surface area contributed by atoms with E-state index in [1.165, 1.54) is 51.4 Å². The van der Waals surface area contributed by atoms with E-state index in [0.717, 1.165) is 6.42 Å². The average Bonchev–Trinajstić information content (AvgIpc) is 2.16. The second kappa shape index (κ2) is 12.0. The van der Waals surface area contributed by atoms with E-state index in [2.05, 4.69) is 6.92 Å². The molecule has 0 fully saturated rings. The second-order valence-electron chi connectivity index (χ2n) is 3.63. The van der Waals surface area contributed by atoms with Gasteiger partial charge in [-0.15, -0.1) is 0 Å². The minimum absolute atomic E-state index is 1.15. The van der Waals surface area contributed by atoms with Crippen molar-refractivity contribution >= 4 is 11.6 Å². The van der Waals surface area contributed by atoms with E-state index in [1.807, 2.05) is 6.08 Å². The van der Waals surface area contributed by atoms with Gasteiger partial charge in [0.25, 0.3) is 0 Å². The minimum Gasteiger partial charge on any atom is -0.0933 e. The van der Waals surface area contributed by atoms with Gasteiger partial charge in [0.05, 0.1) is 0 Å². The van der Waals surface area contributed by atoms with Crippen LogP contribution in [0.1, 0.15) is 64.7 Å². The number of hydrogen-bond donors (Lipinski definition) is 0. The summed E-state index contributed by atoms with van der Waals surface area (Å²) in [6, 6.07) is 0. The second-order valence-corrected chi connectivity index (χ2v) is 3.88. The average molecular weight is 203 g/mol.